The largest absolute Gasteiger partial charge is 0.340 e. The van der Waals surface area contributed by atoms with E-state index in [1.54, 1.807) is 18.3 Å². The second kappa shape index (κ2) is 7.23. The van der Waals surface area contributed by atoms with Crippen LogP contribution >= 0.6 is 15.9 Å². The zero-order valence-electron chi connectivity index (χ0n) is 12.5. The van der Waals surface area contributed by atoms with Crippen molar-refractivity contribution >= 4 is 39.0 Å². The van der Waals surface area contributed by atoms with Gasteiger partial charge in [-0.3, -0.25) is 4.79 Å². The van der Waals surface area contributed by atoms with Gasteiger partial charge in [-0.25, -0.2) is 9.37 Å². The molecule has 6 heteroatoms. The summed E-state index contributed by atoms with van der Waals surface area (Å²) in [4.78, 5) is 16.3. The zero-order chi connectivity index (χ0) is 16.9. The Hall–Kier alpha value is -2.73. The number of hydrogen-bond donors (Lipinski definition) is 2. The Morgan fingerprint density at radius 1 is 1.00 bits per heavy atom. The highest BCUT2D eigenvalue weighted by atomic mass is 79.9. The number of aromatic nitrogens is 1. The van der Waals surface area contributed by atoms with Crippen LogP contribution in [0, 0.1) is 5.82 Å². The van der Waals surface area contributed by atoms with Crippen LogP contribution in [-0.2, 0) is 0 Å². The number of rotatable bonds is 4. The number of nitrogens with one attached hydrogen (secondary N) is 2. The van der Waals surface area contributed by atoms with Gasteiger partial charge in [0, 0.05) is 15.7 Å². The molecule has 0 unspecified atom stereocenters. The predicted molar refractivity (Wildman–Crippen MR) is 96.0 cm³/mol. The van der Waals surface area contributed by atoms with Gasteiger partial charge in [0.05, 0.1) is 11.9 Å². The van der Waals surface area contributed by atoms with Crippen LogP contribution in [0.1, 0.15) is 10.4 Å². The van der Waals surface area contributed by atoms with Crippen LogP contribution in [0.5, 0.6) is 0 Å². The molecule has 24 heavy (non-hydrogen) atoms. The van der Waals surface area contributed by atoms with E-state index in [1.807, 2.05) is 24.3 Å². The third-order valence-corrected chi connectivity index (χ3v) is 3.72. The maximum absolute atomic E-state index is 12.9. The Kier molecular flexibility index (Phi) is 4.86. The van der Waals surface area contributed by atoms with Gasteiger partial charge >= 0.3 is 0 Å². The minimum atomic E-state index is -0.379. The first kappa shape index (κ1) is 16.1. The summed E-state index contributed by atoms with van der Waals surface area (Å²) in [6.07, 6.45) is 1.56. The molecule has 120 valence electrons. The summed E-state index contributed by atoms with van der Waals surface area (Å²) in [5.41, 5.74) is 1.84. The second-order valence-electron chi connectivity index (χ2n) is 5.03. The fourth-order valence-electron chi connectivity index (χ4n) is 2.06. The smallest absolute Gasteiger partial charge is 0.255 e. The molecule has 0 spiro atoms. The quantitative estimate of drug-likeness (QED) is 0.665. The molecule has 0 bridgehead atoms. The van der Waals surface area contributed by atoms with Crippen LogP contribution in [0.2, 0.25) is 0 Å². The van der Waals surface area contributed by atoms with Crippen molar-refractivity contribution in [2.75, 3.05) is 10.6 Å². The molecule has 3 aromatic rings. The van der Waals surface area contributed by atoms with E-state index in [1.165, 1.54) is 24.3 Å². The lowest BCUT2D eigenvalue weighted by atomic mass is 10.2. The van der Waals surface area contributed by atoms with E-state index in [-0.39, 0.29) is 11.7 Å². The topological polar surface area (TPSA) is 54.0 Å². The number of amides is 1. The average molecular weight is 386 g/mol. The number of hydrogen-bond acceptors (Lipinski definition) is 3. The Morgan fingerprint density at radius 2 is 1.79 bits per heavy atom. The van der Waals surface area contributed by atoms with Gasteiger partial charge in [0.15, 0.2) is 0 Å². The average Bonchev–Trinajstić information content (AvgIpc) is 2.57. The summed E-state index contributed by atoms with van der Waals surface area (Å²) in [6.45, 7) is 0. The van der Waals surface area contributed by atoms with Gasteiger partial charge in [-0.15, -0.1) is 0 Å². The van der Waals surface area contributed by atoms with Crippen molar-refractivity contribution in [3.05, 3.63) is 82.7 Å². The standard InChI is InChI=1S/C18H13BrFN3O/c19-13-2-1-3-15(10-13)22-17-9-8-16(11-21-17)23-18(24)12-4-6-14(20)7-5-12/h1-11H,(H,21,22)(H,23,24). The predicted octanol–water partition coefficient (Wildman–Crippen LogP) is 4.98. The third kappa shape index (κ3) is 4.17. The summed E-state index contributed by atoms with van der Waals surface area (Å²) >= 11 is 3.41. The molecule has 2 aromatic carbocycles. The molecule has 0 saturated carbocycles. The lowest BCUT2D eigenvalue weighted by molar-refractivity contribution is 0.102. The van der Waals surface area contributed by atoms with E-state index in [0.717, 1.165) is 10.2 Å². The lowest BCUT2D eigenvalue weighted by Crippen LogP contribution is -2.12. The Morgan fingerprint density at radius 3 is 2.46 bits per heavy atom. The first-order valence-electron chi connectivity index (χ1n) is 7.16. The van der Waals surface area contributed by atoms with Crippen LogP contribution < -0.4 is 10.6 Å². The Labute approximate surface area is 146 Å². The number of pyridine rings is 1. The number of nitrogens with zero attached hydrogens (tertiary/aromatic N) is 1. The van der Waals surface area contributed by atoms with E-state index < -0.39 is 0 Å². The first-order valence-corrected chi connectivity index (χ1v) is 7.95. The van der Waals surface area contributed by atoms with Crippen LogP contribution in [-0.4, -0.2) is 10.9 Å². The van der Waals surface area contributed by atoms with Gasteiger partial charge in [-0.05, 0) is 54.6 Å². The van der Waals surface area contributed by atoms with E-state index in [2.05, 4.69) is 31.5 Å². The monoisotopic (exact) mass is 385 g/mol. The van der Waals surface area contributed by atoms with Crippen molar-refractivity contribution in [1.82, 2.24) is 4.98 Å². The highest BCUT2D eigenvalue weighted by Crippen LogP contribution is 2.20. The maximum atomic E-state index is 12.9. The molecular formula is C18H13BrFN3O. The zero-order valence-corrected chi connectivity index (χ0v) is 14.0. The SMILES string of the molecule is O=C(Nc1ccc(Nc2cccc(Br)c2)nc1)c1ccc(F)cc1. The summed E-state index contributed by atoms with van der Waals surface area (Å²) < 4.78 is 13.8. The molecule has 0 aliphatic rings. The molecule has 3 rings (SSSR count). The number of anilines is 3. The van der Waals surface area contributed by atoms with Crippen molar-refractivity contribution in [3.8, 4) is 0 Å². The van der Waals surface area contributed by atoms with Crippen molar-refractivity contribution in [1.29, 1.82) is 0 Å². The van der Waals surface area contributed by atoms with Crippen LogP contribution in [0.3, 0.4) is 0 Å². The van der Waals surface area contributed by atoms with Crippen LogP contribution in [0.4, 0.5) is 21.6 Å². The molecule has 0 aliphatic carbocycles. The normalized spacial score (nSPS) is 10.2. The van der Waals surface area contributed by atoms with E-state index in [4.69, 9.17) is 0 Å². The van der Waals surface area contributed by atoms with Crippen LogP contribution in [0.25, 0.3) is 0 Å². The van der Waals surface area contributed by atoms with Gasteiger partial charge in [-0.2, -0.15) is 0 Å². The van der Waals surface area contributed by atoms with E-state index >= 15 is 0 Å². The van der Waals surface area contributed by atoms with Gasteiger partial charge in [0.25, 0.3) is 5.91 Å². The van der Waals surface area contributed by atoms with Crippen LogP contribution in [0.15, 0.2) is 71.3 Å². The van der Waals surface area contributed by atoms with Crippen molar-refractivity contribution in [2.45, 2.75) is 0 Å². The molecule has 0 fully saturated rings. The first-order chi connectivity index (χ1) is 11.6. The lowest BCUT2D eigenvalue weighted by Gasteiger charge is -2.08. The summed E-state index contributed by atoms with van der Waals surface area (Å²) in [7, 11) is 0. The molecule has 2 N–H and O–H groups in total. The highest BCUT2D eigenvalue weighted by molar-refractivity contribution is 9.10. The molecule has 0 aliphatic heterocycles. The molecule has 1 amide bonds. The number of carbonyl (C=O) groups is 1. The Balaban J connectivity index is 1.66. The number of benzene rings is 2. The van der Waals surface area contributed by atoms with Crippen molar-refractivity contribution < 1.29 is 9.18 Å². The fourth-order valence-corrected chi connectivity index (χ4v) is 2.46. The summed E-state index contributed by atoms with van der Waals surface area (Å²) in [6, 6.07) is 16.6. The maximum Gasteiger partial charge on any atom is 0.255 e. The summed E-state index contributed by atoms with van der Waals surface area (Å²) in [5.74, 6) is -0.0337. The van der Waals surface area contributed by atoms with Crippen molar-refractivity contribution in [3.63, 3.8) is 0 Å². The number of carbonyl (C=O) groups excluding carboxylic acids is 1. The highest BCUT2D eigenvalue weighted by Gasteiger charge is 2.06. The molecule has 1 heterocycles. The fraction of sp³-hybridized carbons (Fsp3) is 0. The molecule has 0 atom stereocenters. The number of halogens is 2. The minimum Gasteiger partial charge on any atom is -0.340 e. The molecule has 4 nitrogen and oxygen atoms in total. The Bertz CT molecular complexity index is 851. The van der Waals surface area contributed by atoms with Gasteiger partial charge in [-0.1, -0.05) is 22.0 Å². The second-order valence-corrected chi connectivity index (χ2v) is 5.94. The van der Waals surface area contributed by atoms with Gasteiger partial charge in [0.2, 0.25) is 0 Å². The summed E-state index contributed by atoms with van der Waals surface area (Å²) in [5, 5.41) is 5.89. The van der Waals surface area contributed by atoms with Crippen molar-refractivity contribution in [2.24, 2.45) is 0 Å². The molecular weight excluding hydrogens is 373 g/mol. The van der Waals surface area contributed by atoms with E-state index in [0.29, 0.717) is 17.1 Å². The van der Waals surface area contributed by atoms with E-state index in [9.17, 15) is 9.18 Å². The van der Waals surface area contributed by atoms with Gasteiger partial charge < -0.3 is 10.6 Å². The molecule has 0 radical (unpaired) electrons. The molecule has 1 aromatic heterocycles. The van der Waals surface area contributed by atoms with Gasteiger partial charge in [0.1, 0.15) is 11.6 Å². The molecule has 0 saturated heterocycles. The third-order valence-electron chi connectivity index (χ3n) is 3.22. The minimum absolute atomic E-state index is 0.315.